The Balaban J connectivity index is 2.05. The predicted molar refractivity (Wildman–Crippen MR) is 85.3 cm³/mol. The Hall–Kier alpha value is -1.55. The van der Waals surface area contributed by atoms with Crippen molar-refractivity contribution in [3.8, 4) is 5.75 Å². The third-order valence-electron chi connectivity index (χ3n) is 4.54. The molecule has 1 amide bonds. The Morgan fingerprint density at radius 1 is 1.33 bits per heavy atom. The molecule has 4 heteroatoms. The van der Waals surface area contributed by atoms with Gasteiger partial charge < -0.3 is 15.8 Å². The summed E-state index contributed by atoms with van der Waals surface area (Å²) in [5.74, 6) is 1.75. The van der Waals surface area contributed by atoms with Crippen molar-refractivity contribution in [2.45, 2.75) is 39.2 Å². The SMILES string of the molecule is COc1ccc(NC(=O)[C@@H]2C[C@H](C)CC[C@H]2C(C)N)cc1. The zero-order valence-corrected chi connectivity index (χ0v) is 13.1. The highest BCUT2D eigenvalue weighted by Gasteiger charge is 2.35. The number of methoxy groups -OCH3 is 1. The summed E-state index contributed by atoms with van der Waals surface area (Å²) in [5.41, 5.74) is 6.88. The fourth-order valence-corrected chi connectivity index (χ4v) is 3.24. The normalized spacial score (nSPS) is 27.0. The Kier molecular flexibility index (Phi) is 5.23. The molecule has 0 spiro atoms. The minimum absolute atomic E-state index is 0.0100. The molecule has 4 nitrogen and oxygen atoms in total. The van der Waals surface area contributed by atoms with Gasteiger partial charge in [-0.3, -0.25) is 4.79 Å². The number of rotatable bonds is 4. The molecule has 1 aromatic rings. The number of carbonyl (C=O) groups is 1. The molecule has 0 aromatic heterocycles. The van der Waals surface area contributed by atoms with Gasteiger partial charge in [-0.25, -0.2) is 0 Å². The number of nitrogens with two attached hydrogens (primary N) is 1. The van der Waals surface area contributed by atoms with Gasteiger partial charge in [0.2, 0.25) is 5.91 Å². The van der Waals surface area contributed by atoms with E-state index in [1.54, 1.807) is 7.11 Å². The number of carbonyl (C=O) groups excluding carboxylic acids is 1. The van der Waals surface area contributed by atoms with Crippen LogP contribution in [-0.4, -0.2) is 19.1 Å². The van der Waals surface area contributed by atoms with Crippen LogP contribution in [0, 0.1) is 17.8 Å². The summed E-state index contributed by atoms with van der Waals surface area (Å²) in [4.78, 5) is 12.6. The summed E-state index contributed by atoms with van der Waals surface area (Å²) < 4.78 is 5.12. The van der Waals surface area contributed by atoms with E-state index in [1.807, 2.05) is 31.2 Å². The molecule has 4 atom stereocenters. The topological polar surface area (TPSA) is 64.3 Å². The van der Waals surface area contributed by atoms with E-state index in [-0.39, 0.29) is 23.8 Å². The maximum Gasteiger partial charge on any atom is 0.227 e. The summed E-state index contributed by atoms with van der Waals surface area (Å²) >= 11 is 0. The second-order valence-corrected chi connectivity index (χ2v) is 6.27. The number of hydrogen-bond acceptors (Lipinski definition) is 3. The highest BCUT2D eigenvalue weighted by molar-refractivity contribution is 5.92. The lowest BCUT2D eigenvalue weighted by Gasteiger charge is -2.36. The van der Waals surface area contributed by atoms with Crippen LogP contribution in [0.15, 0.2) is 24.3 Å². The minimum Gasteiger partial charge on any atom is -0.497 e. The van der Waals surface area contributed by atoms with E-state index >= 15 is 0 Å². The van der Waals surface area contributed by atoms with Gasteiger partial charge in [-0.2, -0.15) is 0 Å². The summed E-state index contributed by atoms with van der Waals surface area (Å²) in [7, 11) is 1.63. The van der Waals surface area contributed by atoms with Gasteiger partial charge in [-0.1, -0.05) is 13.3 Å². The predicted octanol–water partition coefficient (Wildman–Crippen LogP) is 3.03. The van der Waals surface area contributed by atoms with E-state index in [2.05, 4.69) is 12.2 Å². The molecular formula is C17H26N2O2. The first-order chi connectivity index (χ1) is 10.0. The van der Waals surface area contributed by atoms with Crippen LogP contribution in [0.3, 0.4) is 0 Å². The molecule has 0 heterocycles. The van der Waals surface area contributed by atoms with Gasteiger partial charge in [0.15, 0.2) is 0 Å². The number of benzene rings is 1. The molecule has 1 aromatic carbocycles. The first kappa shape index (κ1) is 15.8. The van der Waals surface area contributed by atoms with E-state index in [0.717, 1.165) is 24.3 Å². The van der Waals surface area contributed by atoms with E-state index in [1.165, 1.54) is 6.42 Å². The number of amides is 1. The van der Waals surface area contributed by atoms with Crippen LogP contribution in [0.2, 0.25) is 0 Å². The minimum atomic E-state index is 0.0100. The van der Waals surface area contributed by atoms with Gasteiger partial charge in [0, 0.05) is 17.6 Å². The summed E-state index contributed by atoms with van der Waals surface area (Å²) in [6.07, 6.45) is 3.13. The maximum absolute atomic E-state index is 12.6. The standard InChI is InChI=1S/C17H26N2O2/c1-11-4-9-15(12(2)18)16(10-11)17(20)19-13-5-7-14(21-3)8-6-13/h5-8,11-12,15-16H,4,9-10,18H2,1-3H3,(H,19,20)/t11-,12?,15+,16-/m1/s1. The summed E-state index contributed by atoms with van der Waals surface area (Å²) in [6.45, 7) is 4.22. The van der Waals surface area contributed by atoms with Crippen molar-refractivity contribution in [1.29, 1.82) is 0 Å². The molecule has 1 aliphatic rings. The second-order valence-electron chi connectivity index (χ2n) is 6.27. The van der Waals surface area contributed by atoms with Gasteiger partial charge >= 0.3 is 0 Å². The maximum atomic E-state index is 12.6. The lowest BCUT2D eigenvalue weighted by molar-refractivity contribution is -0.123. The van der Waals surface area contributed by atoms with Crippen molar-refractivity contribution in [2.24, 2.45) is 23.5 Å². The highest BCUT2D eigenvalue weighted by Crippen LogP contribution is 2.36. The molecule has 1 aliphatic carbocycles. The average molecular weight is 290 g/mol. The van der Waals surface area contributed by atoms with Gasteiger partial charge in [0.05, 0.1) is 7.11 Å². The van der Waals surface area contributed by atoms with Gasteiger partial charge in [-0.05, 0) is 55.9 Å². The number of hydrogen-bond donors (Lipinski definition) is 2. The van der Waals surface area contributed by atoms with Gasteiger partial charge in [-0.15, -0.1) is 0 Å². The molecule has 0 aliphatic heterocycles. The average Bonchev–Trinajstić information content (AvgIpc) is 2.47. The van der Waals surface area contributed by atoms with E-state index < -0.39 is 0 Å². The number of ether oxygens (including phenoxy) is 1. The molecule has 1 unspecified atom stereocenters. The molecular weight excluding hydrogens is 264 g/mol. The Bertz CT molecular complexity index is 470. The molecule has 0 radical (unpaired) electrons. The third-order valence-corrected chi connectivity index (χ3v) is 4.54. The smallest absolute Gasteiger partial charge is 0.227 e. The molecule has 0 saturated heterocycles. The first-order valence-corrected chi connectivity index (χ1v) is 7.71. The van der Waals surface area contributed by atoms with Gasteiger partial charge in [0.1, 0.15) is 5.75 Å². The van der Waals surface area contributed by atoms with E-state index in [4.69, 9.17) is 10.5 Å². The second kappa shape index (κ2) is 6.94. The van der Waals surface area contributed by atoms with Crippen LogP contribution in [0.5, 0.6) is 5.75 Å². The monoisotopic (exact) mass is 290 g/mol. The van der Waals surface area contributed by atoms with Crippen LogP contribution >= 0.6 is 0 Å². The molecule has 0 bridgehead atoms. The van der Waals surface area contributed by atoms with Crippen molar-refractivity contribution in [3.63, 3.8) is 0 Å². The molecule has 21 heavy (non-hydrogen) atoms. The van der Waals surface area contributed by atoms with Crippen molar-refractivity contribution < 1.29 is 9.53 Å². The summed E-state index contributed by atoms with van der Waals surface area (Å²) in [6, 6.07) is 7.49. The van der Waals surface area contributed by atoms with Gasteiger partial charge in [0.25, 0.3) is 0 Å². The Morgan fingerprint density at radius 2 is 2.00 bits per heavy atom. The quantitative estimate of drug-likeness (QED) is 0.896. The van der Waals surface area contributed by atoms with Crippen LogP contribution in [0.1, 0.15) is 33.1 Å². The Morgan fingerprint density at radius 3 is 2.57 bits per heavy atom. The fourth-order valence-electron chi connectivity index (χ4n) is 3.24. The molecule has 1 fully saturated rings. The number of nitrogens with one attached hydrogen (secondary N) is 1. The molecule has 3 N–H and O–H groups in total. The zero-order valence-electron chi connectivity index (χ0n) is 13.1. The molecule has 116 valence electrons. The van der Waals surface area contributed by atoms with Crippen molar-refractivity contribution >= 4 is 11.6 Å². The van der Waals surface area contributed by atoms with Crippen molar-refractivity contribution in [3.05, 3.63) is 24.3 Å². The summed E-state index contributed by atoms with van der Waals surface area (Å²) in [5, 5.41) is 3.02. The van der Waals surface area contributed by atoms with E-state index in [9.17, 15) is 4.79 Å². The Labute approximate surface area is 127 Å². The fraction of sp³-hybridized carbons (Fsp3) is 0.588. The van der Waals surface area contributed by atoms with Crippen LogP contribution in [0.25, 0.3) is 0 Å². The van der Waals surface area contributed by atoms with E-state index in [0.29, 0.717) is 5.92 Å². The third kappa shape index (κ3) is 3.97. The van der Waals surface area contributed by atoms with Crippen LogP contribution in [-0.2, 0) is 4.79 Å². The van der Waals surface area contributed by atoms with Crippen LogP contribution < -0.4 is 15.8 Å². The highest BCUT2D eigenvalue weighted by atomic mass is 16.5. The zero-order chi connectivity index (χ0) is 15.4. The molecule has 1 saturated carbocycles. The lowest BCUT2D eigenvalue weighted by atomic mass is 9.71. The molecule has 2 rings (SSSR count). The number of anilines is 1. The lowest BCUT2D eigenvalue weighted by Crippen LogP contribution is -2.42. The van der Waals surface area contributed by atoms with Crippen molar-refractivity contribution in [2.75, 3.05) is 12.4 Å². The first-order valence-electron chi connectivity index (χ1n) is 7.71. The largest absolute Gasteiger partial charge is 0.497 e. The van der Waals surface area contributed by atoms with Crippen molar-refractivity contribution in [1.82, 2.24) is 0 Å². The van der Waals surface area contributed by atoms with Crippen LogP contribution in [0.4, 0.5) is 5.69 Å².